The third kappa shape index (κ3) is 3.98. The Morgan fingerprint density at radius 1 is 0.432 bits per heavy atom. The van der Waals surface area contributed by atoms with Crippen LogP contribution in [-0.4, -0.2) is 9.55 Å². The van der Waals surface area contributed by atoms with Crippen molar-refractivity contribution in [3.63, 3.8) is 0 Å². The summed E-state index contributed by atoms with van der Waals surface area (Å²) < 4.78 is 5.08. The summed E-state index contributed by atoms with van der Waals surface area (Å²) in [4.78, 5) is 4.48. The van der Waals surface area contributed by atoms with Crippen LogP contribution < -0.4 is 0 Å². The number of fused-ring (bicyclic) bond motifs is 6. The first-order chi connectivity index (χ1) is 21.8. The SMILES string of the molecule is c1ccc(-c2ccc3c4cc(-c5ccncc5-c5ccccc5)ccc4n(-c4ccc5sc6ccccc6c5c4)c3c2)cc1. The molecule has 0 saturated carbocycles. The van der Waals surface area contributed by atoms with Crippen LogP contribution in [0.1, 0.15) is 0 Å². The lowest BCUT2D eigenvalue weighted by Crippen LogP contribution is -1.94. The quantitative estimate of drug-likeness (QED) is 0.203. The van der Waals surface area contributed by atoms with Crippen LogP contribution in [0.4, 0.5) is 0 Å². The standard InChI is InChI=1S/C41H26N2S/c1-3-9-27(10-4-1)29-15-18-33-35-23-30(32-21-22-42-26-37(32)28-11-5-2-6-12-28)16-19-38(35)43(39(33)24-29)31-17-20-41-36(25-31)34-13-7-8-14-40(34)44-41/h1-26H. The molecule has 2 nitrogen and oxygen atoms in total. The number of hydrogen-bond donors (Lipinski definition) is 0. The van der Waals surface area contributed by atoms with E-state index in [2.05, 4.69) is 155 Å². The minimum atomic E-state index is 1.14. The lowest BCUT2D eigenvalue weighted by atomic mass is 9.95. The first kappa shape index (κ1) is 25.0. The fourth-order valence-corrected chi connectivity index (χ4v) is 7.71. The number of pyridine rings is 1. The van der Waals surface area contributed by atoms with Gasteiger partial charge in [0.15, 0.2) is 0 Å². The Morgan fingerprint density at radius 3 is 2.05 bits per heavy atom. The summed E-state index contributed by atoms with van der Waals surface area (Å²) in [5.74, 6) is 0. The Balaban J connectivity index is 1.32. The van der Waals surface area contributed by atoms with Crippen LogP contribution in [0.2, 0.25) is 0 Å². The molecule has 0 aliphatic rings. The molecule has 3 heterocycles. The minimum Gasteiger partial charge on any atom is -0.309 e. The van der Waals surface area contributed by atoms with Crippen LogP contribution in [0, 0.1) is 0 Å². The highest BCUT2D eigenvalue weighted by Crippen LogP contribution is 2.41. The molecular formula is C41H26N2S. The van der Waals surface area contributed by atoms with Crippen LogP contribution in [-0.2, 0) is 0 Å². The van der Waals surface area contributed by atoms with Crippen molar-refractivity contribution >= 4 is 53.3 Å². The van der Waals surface area contributed by atoms with Crippen molar-refractivity contribution in [2.24, 2.45) is 0 Å². The fraction of sp³-hybridized carbons (Fsp3) is 0. The second kappa shape index (κ2) is 10.0. The molecular weight excluding hydrogens is 553 g/mol. The van der Waals surface area contributed by atoms with Gasteiger partial charge in [-0.2, -0.15) is 0 Å². The highest BCUT2D eigenvalue weighted by molar-refractivity contribution is 7.25. The Morgan fingerprint density at radius 2 is 1.18 bits per heavy atom. The molecule has 0 N–H and O–H groups in total. The number of benzene rings is 6. The highest BCUT2D eigenvalue weighted by Gasteiger charge is 2.17. The maximum atomic E-state index is 4.48. The van der Waals surface area contributed by atoms with E-state index >= 15 is 0 Å². The second-order valence-corrected chi connectivity index (χ2v) is 12.3. The molecule has 206 valence electrons. The van der Waals surface area contributed by atoms with Crippen molar-refractivity contribution in [1.29, 1.82) is 0 Å². The van der Waals surface area contributed by atoms with Gasteiger partial charge in [0.1, 0.15) is 0 Å². The van der Waals surface area contributed by atoms with E-state index in [0.29, 0.717) is 0 Å². The van der Waals surface area contributed by atoms with Crippen molar-refractivity contribution in [3.05, 3.63) is 158 Å². The molecule has 0 unspecified atom stereocenters. The maximum Gasteiger partial charge on any atom is 0.0547 e. The molecule has 0 aliphatic carbocycles. The van der Waals surface area contributed by atoms with Gasteiger partial charge in [-0.25, -0.2) is 0 Å². The summed E-state index contributed by atoms with van der Waals surface area (Å²) in [6.07, 6.45) is 3.87. The number of rotatable bonds is 4. The largest absolute Gasteiger partial charge is 0.309 e. The zero-order chi connectivity index (χ0) is 29.0. The van der Waals surface area contributed by atoms with Crippen molar-refractivity contribution in [2.75, 3.05) is 0 Å². The van der Waals surface area contributed by atoms with Gasteiger partial charge >= 0.3 is 0 Å². The highest BCUT2D eigenvalue weighted by atomic mass is 32.1. The molecule has 44 heavy (non-hydrogen) atoms. The zero-order valence-electron chi connectivity index (χ0n) is 23.8. The molecule has 0 saturated heterocycles. The molecule has 0 bridgehead atoms. The van der Waals surface area contributed by atoms with Crippen LogP contribution in [0.5, 0.6) is 0 Å². The predicted molar refractivity (Wildman–Crippen MR) is 188 cm³/mol. The molecule has 0 atom stereocenters. The summed E-state index contributed by atoms with van der Waals surface area (Å²) in [7, 11) is 0. The topological polar surface area (TPSA) is 17.8 Å². The van der Waals surface area contributed by atoms with Gasteiger partial charge in [0.05, 0.1) is 11.0 Å². The average molecular weight is 579 g/mol. The zero-order valence-corrected chi connectivity index (χ0v) is 24.6. The van der Waals surface area contributed by atoms with E-state index in [1.54, 1.807) is 0 Å². The van der Waals surface area contributed by atoms with Gasteiger partial charge in [-0.05, 0) is 76.3 Å². The van der Waals surface area contributed by atoms with Gasteiger partial charge in [-0.15, -0.1) is 11.3 Å². The van der Waals surface area contributed by atoms with Crippen molar-refractivity contribution in [2.45, 2.75) is 0 Å². The molecule has 3 heteroatoms. The van der Waals surface area contributed by atoms with Crippen LogP contribution in [0.15, 0.2) is 158 Å². The number of thiophene rings is 1. The molecule has 0 radical (unpaired) electrons. The molecule has 6 aromatic carbocycles. The maximum absolute atomic E-state index is 4.48. The second-order valence-electron chi connectivity index (χ2n) is 11.2. The summed E-state index contributed by atoms with van der Waals surface area (Å²) >= 11 is 1.86. The Bertz CT molecular complexity index is 2490. The van der Waals surface area contributed by atoms with E-state index in [1.165, 1.54) is 75.5 Å². The van der Waals surface area contributed by atoms with Crippen LogP contribution >= 0.6 is 11.3 Å². The van der Waals surface area contributed by atoms with E-state index in [9.17, 15) is 0 Å². The molecule has 9 aromatic rings. The summed E-state index contributed by atoms with van der Waals surface area (Å²) in [5, 5.41) is 5.10. The first-order valence-corrected chi connectivity index (χ1v) is 15.7. The van der Waals surface area contributed by atoms with Gasteiger partial charge in [0.25, 0.3) is 0 Å². The molecule has 9 rings (SSSR count). The first-order valence-electron chi connectivity index (χ1n) is 14.9. The van der Waals surface area contributed by atoms with Crippen molar-refractivity contribution in [3.8, 4) is 39.1 Å². The average Bonchev–Trinajstić information content (AvgIpc) is 3.63. The Labute approximate surface area is 259 Å². The molecule has 0 amide bonds. The van der Waals surface area contributed by atoms with Gasteiger partial charge in [-0.3, -0.25) is 4.98 Å². The van der Waals surface area contributed by atoms with Gasteiger partial charge in [0.2, 0.25) is 0 Å². The fourth-order valence-electron chi connectivity index (χ4n) is 6.62. The van der Waals surface area contributed by atoms with Crippen molar-refractivity contribution < 1.29 is 0 Å². The van der Waals surface area contributed by atoms with E-state index in [1.807, 2.05) is 23.7 Å². The summed E-state index contributed by atoms with van der Waals surface area (Å²) in [6.45, 7) is 0. The van der Waals surface area contributed by atoms with E-state index in [0.717, 1.165) is 5.56 Å². The Hall–Kier alpha value is -5.51. The summed E-state index contributed by atoms with van der Waals surface area (Å²) in [5.41, 5.74) is 10.7. The number of aromatic nitrogens is 2. The van der Waals surface area contributed by atoms with Crippen molar-refractivity contribution in [1.82, 2.24) is 9.55 Å². The van der Waals surface area contributed by atoms with Gasteiger partial charge in [-0.1, -0.05) is 97.1 Å². The number of hydrogen-bond acceptors (Lipinski definition) is 2. The third-order valence-electron chi connectivity index (χ3n) is 8.71. The lowest BCUT2D eigenvalue weighted by molar-refractivity contribution is 1.19. The van der Waals surface area contributed by atoms with Crippen LogP contribution in [0.25, 0.3) is 81.0 Å². The van der Waals surface area contributed by atoms with Crippen LogP contribution in [0.3, 0.4) is 0 Å². The normalized spacial score (nSPS) is 11.6. The van der Waals surface area contributed by atoms with Gasteiger partial charge in [0, 0.05) is 54.6 Å². The van der Waals surface area contributed by atoms with E-state index < -0.39 is 0 Å². The molecule has 3 aromatic heterocycles. The monoisotopic (exact) mass is 578 g/mol. The summed E-state index contributed by atoms with van der Waals surface area (Å²) in [6, 6.07) is 52.8. The minimum absolute atomic E-state index is 1.14. The Kier molecular flexibility index (Phi) is 5.71. The third-order valence-corrected chi connectivity index (χ3v) is 9.86. The molecule has 0 aliphatic heterocycles. The van der Waals surface area contributed by atoms with Gasteiger partial charge < -0.3 is 4.57 Å². The predicted octanol–water partition coefficient (Wildman–Crippen LogP) is 11.5. The molecule has 0 spiro atoms. The number of nitrogens with zero attached hydrogens (tertiary/aromatic N) is 2. The molecule has 0 fully saturated rings. The van der Waals surface area contributed by atoms with E-state index in [4.69, 9.17) is 0 Å². The smallest absolute Gasteiger partial charge is 0.0547 e. The lowest BCUT2D eigenvalue weighted by Gasteiger charge is -2.11. The van der Waals surface area contributed by atoms with E-state index in [-0.39, 0.29) is 0 Å².